The summed E-state index contributed by atoms with van der Waals surface area (Å²) in [5.41, 5.74) is 6.75. The number of hydrogen-bond donors (Lipinski definition) is 2. The molecule has 0 unspecified atom stereocenters. The Morgan fingerprint density at radius 3 is 2.64 bits per heavy atom. The highest BCUT2D eigenvalue weighted by atomic mass is 35.5. The first-order chi connectivity index (χ1) is 12.2. The number of nitrogens with one attached hydrogen (secondary N) is 1. The van der Waals surface area contributed by atoms with E-state index < -0.39 is 0 Å². The van der Waals surface area contributed by atoms with Gasteiger partial charge >= 0.3 is 0 Å². The van der Waals surface area contributed by atoms with E-state index in [0.717, 1.165) is 55.3 Å². The molecule has 0 atom stereocenters. The molecule has 0 fully saturated rings. The summed E-state index contributed by atoms with van der Waals surface area (Å²) >= 11 is 5.84. The van der Waals surface area contributed by atoms with Gasteiger partial charge in [0.05, 0.1) is 18.8 Å². The molecule has 5 nitrogen and oxygen atoms in total. The molecule has 1 aromatic heterocycles. The van der Waals surface area contributed by atoms with Gasteiger partial charge in [0.1, 0.15) is 5.75 Å². The van der Waals surface area contributed by atoms with E-state index >= 15 is 0 Å². The fourth-order valence-electron chi connectivity index (χ4n) is 2.23. The predicted octanol–water partition coefficient (Wildman–Crippen LogP) is 3.78. The second kappa shape index (κ2) is 11.3. The van der Waals surface area contributed by atoms with Gasteiger partial charge in [-0.25, -0.2) is 4.99 Å². The highest BCUT2D eigenvalue weighted by Crippen LogP contribution is 2.15. The second-order valence-electron chi connectivity index (χ2n) is 5.67. The first-order valence-corrected chi connectivity index (χ1v) is 8.94. The van der Waals surface area contributed by atoms with Gasteiger partial charge in [-0.2, -0.15) is 0 Å². The number of nitrogens with zero attached hydrogens (tertiary/aromatic N) is 2. The lowest BCUT2D eigenvalue weighted by atomic mass is 10.2. The van der Waals surface area contributed by atoms with Crippen molar-refractivity contribution in [3.63, 3.8) is 0 Å². The molecular formula is C19H25ClN4O. The quantitative estimate of drug-likeness (QED) is 0.384. The molecule has 0 spiro atoms. The van der Waals surface area contributed by atoms with Crippen LogP contribution in [0.1, 0.15) is 31.4 Å². The number of hydrogen-bond acceptors (Lipinski definition) is 3. The van der Waals surface area contributed by atoms with Crippen LogP contribution in [0.5, 0.6) is 5.75 Å². The van der Waals surface area contributed by atoms with Crippen LogP contribution < -0.4 is 15.8 Å². The van der Waals surface area contributed by atoms with Crippen molar-refractivity contribution in [2.24, 2.45) is 10.7 Å². The minimum absolute atomic E-state index is 0.469. The SMILES string of the molecule is NC(=NCc1ccccn1)NCCCCCCOc1ccc(Cl)cc1. The van der Waals surface area contributed by atoms with Gasteiger partial charge in [-0.05, 0) is 49.2 Å². The van der Waals surface area contributed by atoms with Gasteiger partial charge in [-0.1, -0.05) is 30.5 Å². The van der Waals surface area contributed by atoms with Crippen LogP contribution in [-0.4, -0.2) is 24.1 Å². The van der Waals surface area contributed by atoms with Gasteiger partial charge in [-0.3, -0.25) is 4.98 Å². The first-order valence-electron chi connectivity index (χ1n) is 8.56. The number of nitrogens with two attached hydrogens (primary N) is 1. The largest absolute Gasteiger partial charge is 0.494 e. The minimum atomic E-state index is 0.469. The summed E-state index contributed by atoms with van der Waals surface area (Å²) in [5.74, 6) is 1.33. The van der Waals surface area contributed by atoms with E-state index in [2.05, 4.69) is 15.3 Å². The van der Waals surface area contributed by atoms with Crippen molar-refractivity contribution >= 4 is 17.6 Å². The molecule has 134 valence electrons. The minimum Gasteiger partial charge on any atom is -0.494 e. The van der Waals surface area contributed by atoms with E-state index in [4.69, 9.17) is 22.1 Å². The van der Waals surface area contributed by atoms with Gasteiger partial charge in [0, 0.05) is 17.8 Å². The third-order valence-corrected chi connectivity index (χ3v) is 3.85. The Morgan fingerprint density at radius 2 is 1.88 bits per heavy atom. The lowest BCUT2D eigenvalue weighted by molar-refractivity contribution is 0.304. The van der Waals surface area contributed by atoms with Crippen molar-refractivity contribution in [2.75, 3.05) is 13.2 Å². The van der Waals surface area contributed by atoms with Crippen LogP contribution in [0.2, 0.25) is 5.02 Å². The van der Waals surface area contributed by atoms with Crippen molar-refractivity contribution in [1.29, 1.82) is 0 Å². The third kappa shape index (κ3) is 8.40. The second-order valence-corrected chi connectivity index (χ2v) is 6.10. The van der Waals surface area contributed by atoms with Crippen LogP contribution in [0.4, 0.5) is 0 Å². The molecule has 0 amide bonds. The molecule has 1 aromatic carbocycles. The van der Waals surface area contributed by atoms with Crippen LogP contribution in [-0.2, 0) is 6.54 Å². The van der Waals surface area contributed by atoms with Crippen LogP contribution in [0.3, 0.4) is 0 Å². The van der Waals surface area contributed by atoms with E-state index in [9.17, 15) is 0 Å². The summed E-state index contributed by atoms with van der Waals surface area (Å²) in [6.45, 7) is 2.06. The molecular weight excluding hydrogens is 336 g/mol. The highest BCUT2D eigenvalue weighted by molar-refractivity contribution is 6.30. The molecule has 0 aliphatic carbocycles. The molecule has 0 saturated carbocycles. The molecule has 1 heterocycles. The molecule has 6 heteroatoms. The summed E-state index contributed by atoms with van der Waals surface area (Å²) in [6, 6.07) is 13.2. The van der Waals surface area contributed by atoms with Gasteiger partial charge in [0.2, 0.25) is 0 Å². The van der Waals surface area contributed by atoms with E-state index in [1.54, 1.807) is 6.20 Å². The molecule has 0 aliphatic heterocycles. The summed E-state index contributed by atoms with van der Waals surface area (Å²) in [6.07, 6.45) is 6.10. The number of halogens is 1. The number of ether oxygens (including phenoxy) is 1. The summed E-state index contributed by atoms with van der Waals surface area (Å²) in [5, 5.41) is 3.86. The molecule has 2 aromatic rings. The van der Waals surface area contributed by atoms with E-state index in [1.165, 1.54) is 0 Å². The first kappa shape index (κ1) is 19.1. The zero-order chi connectivity index (χ0) is 17.7. The molecule has 3 N–H and O–H groups in total. The van der Waals surface area contributed by atoms with Gasteiger partial charge in [0.15, 0.2) is 5.96 Å². The van der Waals surface area contributed by atoms with Crippen LogP contribution in [0.25, 0.3) is 0 Å². The Morgan fingerprint density at radius 1 is 1.08 bits per heavy atom. The summed E-state index contributed by atoms with van der Waals surface area (Å²) in [4.78, 5) is 8.48. The van der Waals surface area contributed by atoms with Crippen LogP contribution >= 0.6 is 11.6 Å². The lowest BCUT2D eigenvalue weighted by Gasteiger charge is -2.07. The zero-order valence-corrected chi connectivity index (χ0v) is 15.1. The Balaban J connectivity index is 1.47. The number of pyridine rings is 1. The maximum absolute atomic E-state index is 5.84. The third-order valence-electron chi connectivity index (χ3n) is 3.60. The number of aliphatic imine (C=N–C) groups is 1. The van der Waals surface area contributed by atoms with E-state index in [0.29, 0.717) is 12.5 Å². The molecule has 0 saturated heterocycles. The lowest BCUT2D eigenvalue weighted by Crippen LogP contribution is -2.32. The molecule has 0 radical (unpaired) electrons. The Kier molecular flexibility index (Phi) is 8.63. The standard InChI is InChI=1S/C19H25ClN4O/c20-16-8-10-18(11-9-16)25-14-6-2-1-4-13-23-19(21)24-15-17-7-3-5-12-22-17/h3,5,7-12H,1-2,4,6,13-15H2,(H3,21,23,24). The van der Waals surface area contributed by atoms with Gasteiger partial charge in [-0.15, -0.1) is 0 Å². The molecule has 25 heavy (non-hydrogen) atoms. The van der Waals surface area contributed by atoms with Gasteiger partial charge < -0.3 is 15.8 Å². The van der Waals surface area contributed by atoms with Crippen molar-refractivity contribution in [1.82, 2.24) is 10.3 Å². The average molecular weight is 361 g/mol. The number of aromatic nitrogens is 1. The number of rotatable bonds is 10. The highest BCUT2D eigenvalue weighted by Gasteiger charge is 1.96. The summed E-state index contributed by atoms with van der Waals surface area (Å²) < 4.78 is 5.66. The Hall–Kier alpha value is -2.27. The maximum Gasteiger partial charge on any atom is 0.188 e. The van der Waals surface area contributed by atoms with E-state index in [1.807, 2.05) is 42.5 Å². The maximum atomic E-state index is 5.84. The molecule has 0 aliphatic rings. The fraction of sp³-hybridized carbons (Fsp3) is 0.368. The topological polar surface area (TPSA) is 72.5 Å². The van der Waals surface area contributed by atoms with Crippen LogP contribution in [0.15, 0.2) is 53.7 Å². The Labute approximate surface area is 154 Å². The zero-order valence-electron chi connectivity index (χ0n) is 14.3. The Bertz CT molecular complexity index is 632. The smallest absolute Gasteiger partial charge is 0.188 e. The van der Waals surface area contributed by atoms with Crippen molar-refractivity contribution in [2.45, 2.75) is 32.2 Å². The monoisotopic (exact) mass is 360 g/mol. The number of unbranched alkanes of at least 4 members (excludes halogenated alkanes) is 3. The number of guanidine groups is 1. The van der Waals surface area contributed by atoms with Crippen LogP contribution in [0, 0.1) is 0 Å². The van der Waals surface area contributed by atoms with Crippen molar-refractivity contribution in [3.8, 4) is 5.75 Å². The molecule has 0 bridgehead atoms. The van der Waals surface area contributed by atoms with E-state index in [-0.39, 0.29) is 0 Å². The number of benzene rings is 1. The summed E-state index contributed by atoms with van der Waals surface area (Å²) in [7, 11) is 0. The van der Waals surface area contributed by atoms with Crippen molar-refractivity contribution in [3.05, 3.63) is 59.4 Å². The predicted molar refractivity (Wildman–Crippen MR) is 103 cm³/mol. The van der Waals surface area contributed by atoms with Gasteiger partial charge in [0.25, 0.3) is 0 Å². The molecule has 2 rings (SSSR count). The fourth-order valence-corrected chi connectivity index (χ4v) is 2.36. The average Bonchev–Trinajstić information content (AvgIpc) is 2.64. The normalized spacial score (nSPS) is 11.3. The van der Waals surface area contributed by atoms with Crippen molar-refractivity contribution < 1.29 is 4.74 Å².